The van der Waals surface area contributed by atoms with Gasteiger partial charge in [0, 0.05) is 18.1 Å². The smallest absolute Gasteiger partial charge is 0.290 e. The van der Waals surface area contributed by atoms with Gasteiger partial charge < -0.3 is 15.3 Å². The molecule has 0 spiro atoms. The molecule has 3 heterocycles. The Bertz CT molecular complexity index is 794. The van der Waals surface area contributed by atoms with Crippen molar-refractivity contribution < 1.29 is 14.3 Å². The maximum atomic E-state index is 13.1. The van der Waals surface area contributed by atoms with E-state index >= 15 is 0 Å². The first-order chi connectivity index (χ1) is 13.6. The molecule has 1 atom stereocenters. The van der Waals surface area contributed by atoms with Gasteiger partial charge in [0.15, 0.2) is 0 Å². The SMILES string of the molecule is Fc1ccc(-c2ccc(C3(N[C@@H]4CN5CCC4CC5)CC3)cc2)cc1.O=CO. The van der Waals surface area contributed by atoms with Crippen LogP contribution in [0.2, 0.25) is 0 Å². The Morgan fingerprint density at radius 1 is 1.00 bits per heavy atom. The fraction of sp³-hybridized carbons (Fsp3) is 0.435. The largest absolute Gasteiger partial charge is 0.483 e. The number of halogens is 1. The molecular formula is C23H27FN2O2. The molecule has 28 heavy (non-hydrogen) atoms. The molecule has 6 rings (SSSR count). The number of nitrogens with zero attached hydrogens (tertiary/aromatic N) is 1. The Labute approximate surface area is 165 Å². The maximum absolute atomic E-state index is 13.1. The summed E-state index contributed by atoms with van der Waals surface area (Å²) >= 11 is 0. The normalized spacial score (nSPS) is 26.8. The third kappa shape index (κ3) is 3.96. The summed E-state index contributed by atoms with van der Waals surface area (Å²) in [7, 11) is 0. The van der Waals surface area contributed by atoms with Crippen molar-refractivity contribution in [1.29, 1.82) is 0 Å². The van der Waals surface area contributed by atoms with Crippen molar-refractivity contribution in [2.45, 2.75) is 37.3 Å². The molecule has 1 saturated carbocycles. The number of piperidine rings is 3. The lowest BCUT2D eigenvalue weighted by atomic mass is 9.83. The van der Waals surface area contributed by atoms with Crippen LogP contribution in [0.25, 0.3) is 11.1 Å². The van der Waals surface area contributed by atoms with Gasteiger partial charge in [-0.3, -0.25) is 4.79 Å². The van der Waals surface area contributed by atoms with E-state index < -0.39 is 0 Å². The van der Waals surface area contributed by atoms with Gasteiger partial charge in [0.25, 0.3) is 6.47 Å². The standard InChI is InChI=1S/C22H25FN2.CH2O2/c23-20-7-3-17(4-8-20)16-1-5-19(6-2-16)22(11-12-22)24-21-15-25-13-9-18(21)10-14-25;2-1-3/h1-8,18,21,24H,9-15H2;1H,(H,2,3)/t21-;/m1./s1. The van der Waals surface area contributed by atoms with Crippen molar-refractivity contribution in [2.24, 2.45) is 5.92 Å². The Balaban J connectivity index is 0.000000604. The molecule has 3 saturated heterocycles. The van der Waals surface area contributed by atoms with E-state index in [1.807, 2.05) is 12.1 Å². The molecule has 4 fully saturated rings. The summed E-state index contributed by atoms with van der Waals surface area (Å²) in [6.45, 7) is 3.56. The van der Waals surface area contributed by atoms with Gasteiger partial charge in [-0.15, -0.1) is 0 Å². The van der Waals surface area contributed by atoms with Crippen molar-refractivity contribution in [3.63, 3.8) is 0 Å². The van der Waals surface area contributed by atoms with E-state index in [0.717, 1.165) is 17.0 Å². The number of nitrogens with one attached hydrogen (secondary N) is 1. The van der Waals surface area contributed by atoms with E-state index in [-0.39, 0.29) is 17.8 Å². The maximum Gasteiger partial charge on any atom is 0.290 e. The molecule has 5 heteroatoms. The van der Waals surface area contributed by atoms with Crippen LogP contribution < -0.4 is 5.32 Å². The Hall–Kier alpha value is -2.24. The number of carboxylic acid groups (broad SMARTS) is 1. The van der Waals surface area contributed by atoms with Gasteiger partial charge in [0.05, 0.1) is 0 Å². The molecular weight excluding hydrogens is 355 g/mol. The van der Waals surface area contributed by atoms with Gasteiger partial charge >= 0.3 is 0 Å². The van der Waals surface area contributed by atoms with Gasteiger partial charge in [0.2, 0.25) is 0 Å². The quantitative estimate of drug-likeness (QED) is 0.789. The Morgan fingerprint density at radius 2 is 1.54 bits per heavy atom. The molecule has 3 aliphatic heterocycles. The third-order valence-corrected chi connectivity index (χ3v) is 6.48. The van der Waals surface area contributed by atoms with Gasteiger partial charge in [-0.1, -0.05) is 36.4 Å². The minimum absolute atomic E-state index is 0.181. The number of carbonyl (C=O) groups is 1. The Morgan fingerprint density at radius 3 is 2.00 bits per heavy atom. The lowest BCUT2D eigenvalue weighted by Crippen LogP contribution is -2.58. The van der Waals surface area contributed by atoms with Crippen LogP contribution in [0.15, 0.2) is 48.5 Å². The zero-order chi connectivity index (χ0) is 19.6. The zero-order valence-corrected chi connectivity index (χ0v) is 16.0. The van der Waals surface area contributed by atoms with Crippen LogP contribution >= 0.6 is 0 Å². The van der Waals surface area contributed by atoms with Gasteiger partial charge in [-0.05, 0) is 73.5 Å². The lowest BCUT2D eigenvalue weighted by molar-refractivity contribution is -0.122. The Kier molecular flexibility index (Phi) is 5.47. The third-order valence-electron chi connectivity index (χ3n) is 6.48. The van der Waals surface area contributed by atoms with Crippen molar-refractivity contribution >= 4 is 6.47 Å². The van der Waals surface area contributed by atoms with E-state index in [9.17, 15) is 4.39 Å². The van der Waals surface area contributed by atoms with Crippen molar-refractivity contribution in [3.8, 4) is 11.1 Å². The highest BCUT2D eigenvalue weighted by atomic mass is 19.1. The van der Waals surface area contributed by atoms with Crippen LogP contribution in [0.5, 0.6) is 0 Å². The molecule has 4 aliphatic rings. The fourth-order valence-corrected chi connectivity index (χ4v) is 4.75. The molecule has 0 radical (unpaired) electrons. The number of rotatable bonds is 4. The summed E-state index contributed by atoms with van der Waals surface area (Å²) < 4.78 is 13.1. The zero-order valence-electron chi connectivity index (χ0n) is 16.0. The molecule has 0 aromatic heterocycles. The second-order valence-corrected chi connectivity index (χ2v) is 8.16. The van der Waals surface area contributed by atoms with E-state index in [4.69, 9.17) is 9.90 Å². The highest BCUT2D eigenvalue weighted by Crippen LogP contribution is 2.47. The highest BCUT2D eigenvalue weighted by molar-refractivity contribution is 5.64. The van der Waals surface area contributed by atoms with E-state index in [0.29, 0.717) is 6.04 Å². The summed E-state index contributed by atoms with van der Waals surface area (Å²) in [5.41, 5.74) is 3.84. The summed E-state index contributed by atoms with van der Waals surface area (Å²) in [6.07, 6.45) is 5.20. The average molecular weight is 382 g/mol. The number of hydrogen-bond donors (Lipinski definition) is 2. The lowest BCUT2D eigenvalue weighted by Gasteiger charge is -2.46. The molecule has 2 aromatic carbocycles. The van der Waals surface area contributed by atoms with Crippen LogP contribution in [-0.2, 0) is 10.3 Å². The fourth-order valence-electron chi connectivity index (χ4n) is 4.75. The van der Waals surface area contributed by atoms with Gasteiger partial charge in [-0.25, -0.2) is 4.39 Å². The van der Waals surface area contributed by atoms with Gasteiger partial charge in [0.1, 0.15) is 5.82 Å². The first kappa shape index (κ1) is 19.1. The van der Waals surface area contributed by atoms with Gasteiger partial charge in [-0.2, -0.15) is 0 Å². The van der Waals surface area contributed by atoms with Crippen LogP contribution in [-0.4, -0.2) is 42.2 Å². The minimum atomic E-state index is -0.250. The molecule has 0 unspecified atom stereocenters. The van der Waals surface area contributed by atoms with E-state index in [1.165, 1.54) is 63.0 Å². The number of fused-ring (bicyclic) bond motifs is 3. The van der Waals surface area contributed by atoms with Crippen LogP contribution in [0.1, 0.15) is 31.2 Å². The monoisotopic (exact) mass is 382 g/mol. The second-order valence-electron chi connectivity index (χ2n) is 8.16. The number of hydrogen-bond acceptors (Lipinski definition) is 3. The van der Waals surface area contributed by atoms with Crippen molar-refractivity contribution in [2.75, 3.05) is 19.6 Å². The molecule has 0 amide bonds. The summed E-state index contributed by atoms with van der Waals surface area (Å²) in [5, 5.41) is 10.9. The van der Waals surface area contributed by atoms with Crippen LogP contribution in [0.4, 0.5) is 4.39 Å². The number of benzene rings is 2. The predicted molar refractivity (Wildman–Crippen MR) is 108 cm³/mol. The molecule has 4 nitrogen and oxygen atoms in total. The average Bonchev–Trinajstić information content (AvgIpc) is 3.51. The molecule has 2 N–H and O–H groups in total. The summed E-state index contributed by atoms with van der Waals surface area (Å²) in [5.74, 6) is 0.681. The van der Waals surface area contributed by atoms with E-state index in [1.54, 1.807) is 0 Å². The van der Waals surface area contributed by atoms with Crippen LogP contribution in [0.3, 0.4) is 0 Å². The van der Waals surface area contributed by atoms with Crippen molar-refractivity contribution in [1.82, 2.24) is 10.2 Å². The topological polar surface area (TPSA) is 52.6 Å². The highest BCUT2D eigenvalue weighted by Gasteiger charge is 2.48. The minimum Gasteiger partial charge on any atom is -0.483 e. The molecule has 2 aromatic rings. The van der Waals surface area contributed by atoms with Crippen LogP contribution in [0, 0.1) is 11.7 Å². The first-order valence-electron chi connectivity index (χ1n) is 10.1. The summed E-state index contributed by atoms with van der Waals surface area (Å²) in [6, 6.07) is 16.3. The second kappa shape index (κ2) is 8.02. The predicted octanol–water partition coefficient (Wildman–Crippen LogP) is 3.87. The molecule has 1 aliphatic carbocycles. The van der Waals surface area contributed by atoms with Crippen molar-refractivity contribution in [3.05, 3.63) is 59.9 Å². The van der Waals surface area contributed by atoms with E-state index in [2.05, 4.69) is 34.5 Å². The molecule has 148 valence electrons. The first-order valence-corrected chi connectivity index (χ1v) is 10.1. The molecule has 2 bridgehead atoms. The summed E-state index contributed by atoms with van der Waals surface area (Å²) in [4.78, 5) is 11.0.